The Hall–Kier alpha value is -0.550. The van der Waals surface area contributed by atoms with Crippen LogP contribution in [0.3, 0.4) is 0 Å². The minimum atomic E-state index is -4.54. The van der Waals surface area contributed by atoms with E-state index >= 15 is 0 Å². The third-order valence-corrected chi connectivity index (χ3v) is 3.15. The second-order valence-electron chi connectivity index (χ2n) is 2.34. The first-order valence-corrected chi connectivity index (χ1v) is 6.08. The van der Waals surface area contributed by atoms with E-state index in [1.54, 1.807) is 23.9 Å². The highest BCUT2D eigenvalue weighted by molar-refractivity contribution is 7.99. The van der Waals surface area contributed by atoms with E-state index in [0.717, 1.165) is 10.6 Å². The van der Waals surface area contributed by atoms with E-state index in [9.17, 15) is 12.3 Å². The van der Waals surface area contributed by atoms with Crippen LogP contribution in [0.15, 0.2) is 34.1 Å². The van der Waals surface area contributed by atoms with Gasteiger partial charge in [0.1, 0.15) is 0 Å². The third-order valence-electron chi connectivity index (χ3n) is 1.42. The average Bonchev–Trinajstić information content (AvgIpc) is 2.04. The van der Waals surface area contributed by atoms with Crippen LogP contribution in [-0.2, 0) is 10.2 Å². The highest BCUT2D eigenvalue weighted by atomic mass is 32.3. The molecule has 72 valence electrons. The molecule has 5 heteroatoms. The minimum Gasteiger partial charge on any atom is -0.189 e. The van der Waals surface area contributed by atoms with Crippen molar-refractivity contribution < 1.29 is 12.3 Å². The molecule has 0 N–H and O–H groups in total. The van der Waals surface area contributed by atoms with Crippen molar-refractivity contribution >= 4 is 22.0 Å². The van der Waals surface area contributed by atoms with Gasteiger partial charge < -0.3 is 0 Å². The average molecular weight is 220 g/mol. The Morgan fingerprint density at radius 2 is 1.85 bits per heavy atom. The van der Waals surface area contributed by atoms with Gasteiger partial charge in [0.25, 0.3) is 0 Å². The van der Waals surface area contributed by atoms with E-state index in [1.807, 2.05) is 6.92 Å². The molecule has 1 aromatic carbocycles. The molecule has 0 radical (unpaired) electrons. The Balaban J connectivity index is 2.94. The summed E-state index contributed by atoms with van der Waals surface area (Å²) >= 11 is 1.58. The van der Waals surface area contributed by atoms with Crippen LogP contribution in [-0.4, -0.2) is 14.2 Å². The monoisotopic (exact) mass is 220 g/mol. The quantitative estimate of drug-likeness (QED) is 0.579. The molecule has 13 heavy (non-hydrogen) atoms. The van der Waals surface area contributed by atoms with E-state index in [4.69, 9.17) is 0 Å². The summed E-state index contributed by atoms with van der Waals surface area (Å²) in [5.74, 6) is 0.904. The molecule has 0 saturated heterocycles. The predicted octanol–water partition coefficient (Wildman–Crippen LogP) is 2.46. The van der Waals surface area contributed by atoms with Crippen molar-refractivity contribution in [3.05, 3.63) is 24.3 Å². The number of hydrogen-bond donors (Lipinski definition) is 0. The molecule has 2 nitrogen and oxygen atoms in total. The van der Waals surface area contributed by atoms with Gasteiger partial charge in [0, 0.05) is 4.90 Å². The Bertz CT molecular complexity index is 370. The first kappa shape index (κ1) is 10.5. The molecular weight excluding hydrogens is 211 g/mol. The maximum atomic E-state index is 12.4. The van der Waals surface area contributed by atoms with Crippen LogP contribution < -0.4 is 0 Å². The van der Waals surface area contributed by atoms with E-state index in [1.165, 1.54) is 12.1 Å². The lowest BCUT2D eigenvalue weighted by molar-refractivity contribution is 0.552. The Kier molecular flexibility index (Phi) is 3.33. The molecule has 0 bridgehead atoms. The SMILES string of the molecule is CCSc1ccc(S(=O)(=O)F)cc1. The van der Waals surface area contributed by atoms with Crippen LogP contribution >= 0.6 is 11.8 Å². The molecule has 0 aromatic heterocycles. The molecule has 0 fully saturated rings. The van der Waals surface area contributed by atoms with Crippen LogP contribution in [0.4, 0.5) is 3.89 Å². The van der Waals surface area contributed by atoms with Crippen LogP contribution in [0.1, 0.15) is 6.92 Å². The number of thioether (sulfide) groups is 1. The van der Waals surface area contributed by atoms with Gasteiger partial charge in [-0.25, -0.2) is 0 Å². The third kappa shape index (κ3) is 3.00. The Morgan fingerprint density at radius 3 is 2.23 bits per heavy atom. The number of hydrogen-bond acceptors (Lipinski definition) is 3. The Labute approximate surface area is 81.4 Å². The van der Waals surface area contributed by atoms with Crippen molar-refractivity contribution in [1.82, 2.24) is 0 Å². The number of halogens is 1. The fourth-order valence-electron chi connectivity index (χ4n) is 0.865. The van der Waals surface area contributed by atoms with E-state index < -0.39 is 10.2 Å². The second-order valence-corrected chi connectivity index (χ2v) is 5.03. The fourth-order valence-corrected chi connectivity index (χ4v) is 1.99. The summed E-state index contributed by atoms with van der Waals surface area (Å²) in [5.41, 5.74) is 0. The summed E-state index contributed by atoms with van der Waals surface area (Å²) < 4.78 is 33.3. The molecule has 0 amide bonds. The maximum absolute atomic E-state index is 12.4. The van der Waals surface area contributed by atoms with Crippen LogP contribution in [0.5, 0.6) is 0 Å². The Morgan fingerprint density at radius 1 is 1.31 bits per heavy atom. The standard InChI is InChI=1S/C8H9FO2S2/c1-2-12-7-3-5-8(6-4-7)13(9,10)11/h3-6H,2H2,1H3. The van der Waals surface area contributed by atoms with Crippen molar-refractivity contribution in [2.75, 3.05) is 5.75 Å². The summed E-state index contributed by atoms with van der Waals surface area (Å²) in [6.07, 6.45) is 0. The van der Waals surface area contributed by atoms with Crippen LogP contribution in [0, 0.1) is 0 Å². The minimum absolute atomic E-state index is 0.284. The van der Waals surface area contributed by atoms with Crippen molar-refractivity contribution in [2.45, 2.75) is 16.7 Å². The molecule has 0 saturated carbocycles. The molecule has 1 rings (SSSR count). The van der Waals surface area contributed by atoms with Crippen molar-refractivity contribution in [2.24, 2.45) is 0 Å². The molecular formula is C8H9FO2S2. The molecule has 0 heterocycles. The largest absolute Gasteiger partial charge is 0.332 e. The van der Waals surface area contributed by atoms with Crippen LogP contribution in [0.25, 0.3) is 0 Å². The normalized spacial score (nSPS) is 11.5. The van der Waals surface area contributed by atoms with Crippen molar-refractivity contribution in [3.8, 4) is 0 Å². The molecule has 0 aliphatic rings. The lowest BCUT2D eigenvalue weighted by Crippen LogP contribution is -1.90. The summed E-state index contributed by atoms with van der Waals surface area (Å²) in [7, 11) is -4.54. The van der Waals surface area contributed by atoms with Gasteiger partial charge in [-0.15, -0.1) is 15.6 Å². The fraction of sp³-hybridized carbons (Fsp3) is 0.250. The highest BCUT2D eigenvalue weighted by Gasteiger charge is 2.10. The van der Waals surface area contributed by atoms with Gasteiger partial charge in [-0.2, -0.15) is 8.42 Å². The second kappa shape index (κ2) is 4.11. The van der Waals surface area contributed by atoms with E-state index in [-0.39, 0.29) is 4.90 Å². The zero-order valence-electron chi connectivity index (χ0n) is 7.03. The lowest BCUT2D eigenvalue weighted by Gasteiger charge is -1.98. The van der Waals surface area contributed by atoms with Crippen molar-refractivity contribution in [1.29, 1.82) is 0 Å². The van der Waals surface area contributed by atoms with Gasteiger partial charge in [0.15, 0.2) is 0 Å². The maximum Gasteiger partial charge on any atom is 0.332 e. The number of benzene rings is 1. The molecule has 0 atom stereocenters. The van der Waals surface area contributed by atoms with Crippen molar-refractivity contribution in [3.63, 3.8) is 0 Å². The lowest BCUT2D eigenvalue weighted by atomic mass is 10.4. The topological polar surface area (TPSA) is 34.1 Å². The van der Waals surface area contributed by atoms with Gasteiger partial charge in [0.05, 0.1) is 4.90 Å². The van der Waals surface area contributed by atoms with Crippen LogP contribution in [0.2, 0.25) is 0 Å². The first-order valence-electron chi connectivity index (χ1n) is 3.71. The zero-order valence-corrected chi connectivity index (χ0v) is 8.66. The molecule has 0 spiro atoms. The summed E-state index contributed by atoms with van der Waals surface area (Å²) in [5, 5.41) is 0. The van der Waals surface area contributed by atoms with Gasteiger partial charge in [-0.3, -0.25) is 0 Å². The summed E-state index contributed by atoms with van der Waals surface area (Å²) in [6.45, 7) is 1.99. The molecule has 1 aromatic rings. The van der Waals surface area contributed by atoms with Gasteiger partial charge in [-0.1, -0.05) is 6.92 Å². The van der Waals surface area contributed by atoms with Gasteiger partial charge >= 0.3 is 10.2 Å². The number of rotatable bonds is 3. The van der Waals surface area contributed by atoms with Gasteiger partial charge in [0.2, 0.25) is 0 Å². The highest BCUT2D eigenvalue weighted by Crippen LogP contribution is 2.20. The summed E-state index contributed by atoms with van der Waals surface area (Å²) in [6, 6.07) is 5.74. The zero-order chi connectivity index (χ0) is 9.90. The molecule has 0 aliphatic heterocycles. The smallest absolute Gasteiger partial charge is 0.189 e. The summed E-state index contributed by atoms with van der Waals surface area (Å²) in [4.78, 5) is 0.655. The van der Waals surface area contributed by atoms with Gasteiger partial charge in [-0.05, 0) is 30.0 Å². The molecule has 0 unspecified atom stereocenters. The van der Waals surface area contributed by atoms with E-state index in [2.05, 4.69) is 0 Å². The first-order chi connectivity index (χ1) is 6.04. The predicted molar refractivity (Wildman–Crippen MR) is 51.1 cm³/mol. The van der Waals surface area contributed by atoms with E-state index in [0.29, 0.717) is 0 Å². The molecule has 0 aliphatic carbocycles.